The third-order valence-corrected chi connectivity index (χ3v) is 4.10. The summed E-state index contributed by atoms with van der Waals surface area (Å²) in [5.74, 6) is 1.21. The van der Waals surface area contributed by atoms with Crippen molar-refractivity contribution in [2.75, 3.05) is 5.73 Å². The molecule has 2 aromatic heterocycles. The summed E-state index contributed by atoms with van der Waals surface area (Å²) < 4.78 is 1.62. The molecule has 1 aromatic carbocycles. The maximum atomic E-state index is 11.9. The summed E-state index contributed by atoms with van der Waals surface area (Å²) in [7, 11) is 0. The first-order valence-electron chi connectivity index (χ1n) is 7.76. The monoisotopic (exact) mass is 307 g/mol. The lowest BCUT2D eigenvalue weighted by atomic mass is 10.0. The maximum absolute atomic E-state index is 11.9. The number of rotatable bonds is 5. The normalized spacial score (nSPS) is 14.3. The molecule has 4 rings (SSSR count). The molecule has 0 spiro atoms. The van der Waals surface area contributed by atoms with Gasteiger partial charge in [0.2, 0.25) is 5.95 Å². The highest BCUT2D eigenvalue weighted by Crippen LogP contribution is 2.32. The molecule has 3 aromatic rings. The van der Waals surface area contributed by atoms with Crippen LogP contribution < -0.4 is 5.73 Å². The predicted octanol–water partition coefficient (Wildman–Crippen LogP) is 2.29. The second-order valence-electron chi connectivity index (χ2n) is 6.11. The van der Waals surface area contributed by atoms with Crippen LogP contribution in [0.2, 0.25) is 0 Å². The Labute approximate surface area is 133 Å². The Morgan fingerprint density at radius 2 is 2.04 bits per heavy atom. The minimum atomic E-state index is 0.230. The smallest absolute Gasteiger partial charge is 0.240 e. The number of carbonyl (C=O) groups excluding carboxylic acids is 1. The van der Waals surface area contributed by atoms with Crippen LogP contribution in [0, 0.1) is 5.92 Å². The second kappa shape index (κ2) is 5.46. The Bertz CT molecular complexity index is 864. The average molecular weight is 307 g/mol. The summed E-state index contributed by atoms with van der Waals surface area (Å²) in [5, 5.41) is 4.09. The van der Waals surface area contributed by atoms with Gasteiger partial charge < -0.3 is 5.73 Å². The predicted molar refractivity (Wildman–Crippen MR) is 86.7 cm³/mol. The van der Waals surface area contributed by atoms with Crippen LogP contribution >= 0.6 is 0 Å². The Morgan fingerprint density at radius 3 is 2.78 bits per heavy atom. The highest BCUT2D eigenvalue weighted by Gasteiger charge is 2.24. The molecule has 0 saturated heterocycles. The third-order valence-electron chi connectivity index (χ3n) is 4.10. The lowest BCUT2D eigenvalue weighted by molar-refractivity contribution is -0.118. The molecule has 0 unspecified atom stereocenters. The van der Waals surface area contributed by atoms with Gasteiger partial charge >= 0.3 is 0 Å². The lowest BCUT2D eigenvalue weighted by Crippen LogP contribution is -2.03. The molecule has 6 nitrogen and oxygen atoms in total. The number of aromatic nitrogens is 4. The van der Waals surface area contributed by atoms with Crippen LogP contribution in [0.3, 0.4) is 0 Å². The number of ketones is 1. The number of nitrogen functional groups attached to an aromatic ring is 1. The van der Waals surface area contributed by atoms with E-state index >= 15 is 0 Å². The van der Waals surface area contributed by atoms with E-state index in [1.807, 2.05) is 24.3 Å². The molecule has 0 amide bonds. The van der Waals surface area contributed by atoms with E-state index in [0.717, 1.165) is 23.2 Å². The van der Waals surface area contributed by atoms with E-state index < -0.39 is 0 Å². The molecule has 0 radical (unpaired) electrons. The number of benzene rings is 1. The second-order valence-corrected chi connectivity index (χ2v) is 6.11. The fourth-order valence-electron chi connectivity index (χ4n) is 2.70. The molecule has 2 N–H and O–H groups in total. The van der Waals surface area contributed by atoms with Crippen LogP contribution in [0.1, 0.15) is 24.8 Å². The summed E-state index contributed by atoms with van der Waals surface area (Å²) in [6.45, 7) is 0. The fraction of sp³-hybridized carbons (Fsp3) is 0.294. The summed E-state index contributed by atoms with van der Waals surface area (Å²) >= 11 is 0. The number of Topliss-reactive ketones (excluding diaryl/α,β-unsaturated/α-hetero) is 1. The van der Waals surface area contributed by atoms with Crippen LogP contribution in [-0.2, 0) is 11.2 Å². The van der Waals surface area contributed by atoms with Gasteiger partial charge in [0.15, 0.2) is 5.65 Å². The zero-order valence-corrected chi connectivity index (χ0v) is 12.6. The van der Waals surface area contributed by atoms with E-state index in [1.165, 1.54) is 12.8 Å². The molecule has 23 heavy (non-hydrogen) atoms. The molecule has 1 aliphatic carbocycles. The van der Waals surface area contributed by atoms with Gasteiger partial charge in [0.05, 0.1) is 18.1 Å². The van der Waals surface area contributed by atoms with Crippen molar-refractivity contribution in [1.82, 2.24) is 19.6 Å². The number of nitrogens with two attached hydrogens (primary N) is 1. The molecular weight excluding hydrogens is 290 g/mol. The van der Waals surface area contributed by atoms with Gasteiger partial charge in [0, 0.05) is 18.4 Å². The Hall–Kier alpha value is -2.76. The largest absolute Gasteiger partial charge is 0.366 e. The SMILES string of the molecule is Nc1nc2cnc(-c3ccc(CC(=O)CC4CC4)cc3)cn2n1. The van der Waals surface area contributed by atoms with Gasteiger partial charge in [-0.1, -0.05) is 24.3 Å². The molecular formula is C17H17N5O. The number of hydrogen-bond donors (Lipinski definition) is 1. The van der Waals surface area contributed by atoms with Gasteiger partial charge in [-0.3, -0.25) is 9.78 Å². The quantitative estimate of drug-likeness (QED) is 0.781. The standard InChI is InChI=1S/C17H17N5O/c18-17-20-16-9-19-15(10-22(16)21-17)13-5-3-12(4-6-13)8-14(23)7-11-1-2-11/h3-6,9-11H,1-2,7-8H2,(H2,18,21). The van der Waals surface area contributed by atoms with E-state index in [1.54, 1.807) is 16.9 Å². The van der Waals surface area contributed by atoms with Gasteiger partial charge in [0.1, 0.15) is 5.78 Å². The van der Waals surface area contributed by atoms with Crippen molar-refractivity contribution in [1.29, 1.82) is 0 Å². The number of carbonyl (C=O) groups is 1. The van der Waals surface area contributed by atoms with Crippen LogP contribution in [-0.4, -0.2) is 25.4 Å². The molecule has 0 aliphatic heterocycles. The number of nitrogens with zero attached hydrogens (tertiary/aromatic N) is 4. The highest BCUT2D eigenvalue weighted by molar-refractivity contribution is 5.81. The van der Waals surface area contributed by atoms with Crippen LogP contribution in [0.4, 0.5) is 5.95 Å². The molecule has 1 saturated carbocycles. The molecule has 2 heterocycles. The maximum Gasteiger partial charge on any atom is 0.240 e. The van der Waals surface area contributed by atoms with Crippen LogP contribution in [0.5, 0.6) is 0 Å². The first-order chi connectivity index (χ1) is 11.2. The highest BCUT2D eigenvalue weighted by atomic mass is 16.1. The number of fused-ring (bicyclic) bond motifs is 1. The third kappa shape index (κ3) is 3.06. The molecule has 6 heteroatoms. The topological polar surface area (TPSA) is 86.2 Å². The van der Waals surface area contributed by atoms with Crippen molar-refractivity contribution in [3.8, 4) is 11.3 Å². The van der Waals surface area contributed by atoms with Gasteiger partial charge in [-0.05, 0) is 24.3 Å². The van der Waals surface area contributed by atoms with Gasteiger partial charge in [-0.15, -0.1) is 5.10 Å². The van der Waals surface area contributed by atoms with E-state index in [2.05, 4.69) is 15.1 Å². The minimum absolute atomic E-state index is 0.230. The number of anilines is 1. The van der Waals surface area contributed by atoms with E-state index in [0.29, 0.717) is 23.8 Å². The summed E-state index contributed by atoms with van der Waals surface area (Å²) in [5.41, 5.74) is 9.01. The molecule has 0 bridgehead atoms. The molecule has 0 atom stereocenters. The van der Waals surface area contributed by atoms with Gasteiger partial charge in [-0.25, -0.2) is 4.52 Å². The molecule has 1 aliphatic rings. The fourth-order valence-corrected chi connectivity index (χ4v) is 2.70. The average Bonchev–Trinajstić information content (AvgIpc) is 3.25. The lowest BCUT2D eigenvalue weighted by Gasteiger charge is -2.04. The van der Waals surface area contributed by atoms with E-state index in [4.69, 9.17) is 5.73 Å². The minimum Gasteiger partial charge on any atom is -0.366 e. The van der Waals surface area contributed by atoms with Crippen LogP contribution in [0.25, 0.3) is 16.9 Å². The molecule has 116 valence electrons. The van der Waals surface area contributed by atoms with Crippen molar-refractivity contribution >= 4 is 17.4 Å². The zero-order valence-electron chi connectivity index (χ0n) is 12.6. The van der Waals surface area contributed by atoms with Gasteiger partial charge in [-0.2, -0.15) is 4.98 Å². The Morgan fingerprint density at radius 1 is 1.26 bits per heavy atom. The Balaban J connectivity index is 1.52. The summed E-state index contributed by atoms with van der Waals surface area (Å²) in [6.07, 6.45) is 7.12. The molecule has 1 fully saturated rings. The van der Waals surface area contributed by atoms with Crippen molar-refractivity contribution in [2.24, 2.45) is 5.92 Å². The van der Waals surface area contributed by atoms with Gasteiger partial charge in [0.25, 0.3) is 0 Å². The van der Waals surface area contributed by atoms with Crippen molar-refractivity contribution in [3.05, 3.63) is 42.2 Å². The van der Waals surface area contributed by atoms with E-state index in [9.17, 15) is 4.79 Å². The Kier molecular flexibility index (Phi) is 3.29. The summed E-state index contributed by atoms with van der Waals surface area (Å²) in [6, 6.07) is 7.94. The zero-order chi connectivity index (χ0) is 15.8. The van der Waals surface area contributed by atoms with Crippen molar-refractivity contribution in [2.45, 2.75) is 25.7 Å². The number of hydrogen-bond acceptors (Lipinski definition) is 5. The van der Waals surface area contributed by atoms with Crippen molar-refractivity contribution in [3.63, 3.8) is 0 Å². The first-order valence-corrected chi connectivity index (χ1v) is 7.76. The summed E-state index contributed by atoms with van der Waals surface area (Å²) in [4.78, 5) is 20.4. The van der Waals surface area contributed by atoms with Crippen molar-refractivity contribution < 1.29 is 4.79 Å². The van der Waals surface area contributed by atoms with Crippen LogP contribution in [0.15, 0.2) is 36.7 Å². The van der Waals surface area contributed by atoms with E-state index in [-0.39, 0.29) is 5.95 Å². The first kappa shape index (κ1) is 13.9.